The molecule has 0 spiro atoms. The summed E-state index contributed by atoms with van der Waals surface area (Å²) in [7, 11) is 0. The number of imidazole rings is 1. The Labute approximate surface area is 74.3 Å². The Kier molecular flexibility index (Phi) is 2.41. The summed E-state index contributed by atoms with van der Waals surface area (Å²) >= 11 is 0. The van der Waals surface area contributed by atoms with Gasteiger partial charge in [0.25, 0.3) is 0 Å². The number of ketones is 1. The van der Waals surface area contributed by atoms with Gasteiger partial charge in [0, 0.05) is 0 Å². The first-order valence-electron chi connectivity index (χ1n) is 3.70. The fourth-order valence-corrected chi connectivity index (χ4v) is 0.842. The number of carbonyl (C=O) groups is 1. The Balaban J connectivity index is 2.91. The number of nitrogens with zero attached hydrogens (tertiary/aromatic N) is 3. The molecule has 0 aromatic carbocycles. The monoisotopic (exact) mass is 183 g/mol. The van der Waals surface area contributed by atoms with E-state index in [0.717, 1.165) is 0 Å². The van der Waals surface area contributed by atoms with Gasteiger partial charge < -0.3 is 14.7 Å². The molecule has 70 valence electrons. The summed E-state index contributed by atoms with van der Waals surface area (Å²) in [5.41, 5.74) is 0. The molecule has 1 atom stereocenters. The van der Waals surface area contributed by atoms with Gasteiger partial charge in [-0.15, -0.1) is 0 Å². The molecule has 1 aromatic heterocycles. The molecule has 0 radical (unpaired) electrons. The van der Waals surface area contributed by atoms with Gasteiger partial charge in [0.15, 0.2) is 5.78 Å². The van der Waals surface area contributed by atoms with E-state index in [1.807, 2.05) is 0 Å². The highest BCUT2D eigenvalue weighted by Gasteiger charge is 2.15. The van der Waals surface area contributed by atoms with Gasteiger partial charge in [-0.2, -0.15) is 0 Å². The lowest BCUT2D eigenvalue weighted by Gasteiger charge is -2.05. The smallest absolute Gasteiger partial charge is 0.358 e. The molecule has 0 N–H and O–H groups in total. The number of carbonyl (C=O) groups excluding carboxylic acids is 1. The molecule has 0 amide bonds. The lowest BCUT2D eigenvalue weighted by Crippen LogP contribution is -2.11. The van der Waals surface area contributed by atoms with Gasteiger partial charge in [0.2, 0.25) is 6.33 Å². The van der Waals surface area contributed by atoms with E-state index in [2.05, 4.69) is 4.98 Å². The molecule has 0 saturated carbocycles. The van der Waals surface area contributed by atoms with Crippen LogP contribution in [0.25, 0.3) is 0 Å². The number of aromatic nitrogens is 2. The maximum Gasteiger partial charge on any atom is 0.381 e. The Morgan fingerprint density at radius 3 is 2.77 bits per heavy atom. The standard InChI is InChI=1S/C7H9N3O3/c1-5(6(2)11)9-3-7(8-4-9)10(12)13/h3-5H,1-2H3. The molecule has 6 heteroatoms. The molecule has 1 heterocycles. The van der Waals surface area contributed by atoms with Crippen LogP contribution >= 0.6 is 0 Å². The third-order valence-electron chi connectivity index (χ3n) is 1.81. The Morgan fingerprint density at radius 2 is 2.38 bits per heavy atom. The van der Waals surface area contributed by atoms with Crippen molar-refractivity contribution in [2.75, 3.05) is 0 Å². The van der Waals surface area contributed by atoms with Crippen molar-refractivity contribution in [3.05, 3.63) is 22.6 Å². The summed E-state index contributed by atoms with van der Waals surface area (Å²) in [5, 5.41) is 10.3. The Hall–Kier alpha value is -1.72. The van der Waals surface area contributed by atoms with Crippen molar-refractivity contribution in [2.45, 2.75) is 19.9 Å². The number of hydrogen-bond donors (Lipinski definition) is 0. The predicted octanol–water partition coefficient (Wildman–Crippen LogP) is 0.941. The van der Waals surface area contributed by atoms with Crippen LogP contribution in [0.5, 0.6) is 0 Å². The van der Waals surface area contributed by atoms with Crippen LogP contribution in [0.2, 0.25) is 0 Å². The van der Waals surface area contributed by atoms with Crippen LogP contribution < -0.4 is 0 Å². The SMILES string of the molecule is CC(=O)C(C)n1cnc([N+](=O)[O-])c1. The van der Waals surface area contributed by atoms with Crippen molar-refractivity contribution in [1.29, 1.82) is 0 Å². The molecular formula is C7H9N3O3. The first-order valence-corrected chi connectivity index (χ1v) is 3.70. The summed E-state index contributed by atoms with van der Waals surface area (Å²) in [5.74, 6) is -0.305. The van der Waals surface area contributed by atoms with E-state index in [1.165, 1.54) is 24.0 Å². The van der Waals surface area contributed by atoms with E-state index >= 15 is 0 Å². The van der Waals surface area contributed by atoms with Crippen molar-refractivity contribution >= 4 is 11.6 Å². The van der Waals surface area contributed by atoms with Crippen LogP contribution in [-0.4, -0.2) is 20.3 Å². The van der Waals surface area contributed by atoms with E-state index in [4.69, 9.17) is 0 Å². The minimum absolute atomic E-state index is 0.0627. The van der Waals surface area contributed by atoms with Crippen LogP contribution in [0.1, 0.15) is 19.9 Å². The topological polar surface area (TPSA) is 78.0 Å². The van der Waals surface area contributed by atoms with Gasteiger partial charge >= 0.3 is 5.82 Å². The summed E-state index contributed by atoms with van der Waals surface area (Å²) in [6, 6.07) is -0.402. The first-order chi connectivity index (χ1) is 6.02. The predicted molar refractivity (Wildman–Crippen MR) is 44.3 cm³/mol. The summed E-state index contributed by atoms with van der Waals surface area (Å²) in [6.45, 7) is 3.09. The highest BCUT2D eigenvalue weighted by molar-refractivity contribution is 5.79. The van der Waals surface area contributed by atoms with Crippen LogP contribution in [-0.2, 0) is 4.79 Å². The molecule has 13 heavy (non-hydrogen) atoms. The first kappa shape index (κ1) is 9.37. The van der Waals surface area contributed by atoms with Crippen LogP contribution in [0.4, 0.5) is 5.82 Å². The zero-order valence-corrected chi connectivity index (χ0v) is 7.30. The van der Waals surface area contributed by atoms with E-state index in [9.17, 15) is 14.9 Å². The van der Waals surface area contributed by atoms with Crippen molar-refractivity contribution in [3.8, 4) is 0 Å². The van der Waals surface area contributed by atoms with Crippen molar-refractivity contribution in [2.24, 2.45) is 0 Å². The fraction of sp³-hybridized carbons (Fsp3) is 0.429. The van der Waals surface area contributed by atoms with Gasteiger partial charge in [-0.3, -0.25) is 4.79 Å². The maximum absolute atomic E-state index is 10.9. The second-order valence-electron chi connectivity index (χ2n) is 2.72. The van der Waals surface area contributed by atoms with Crippen molar-refractivity contribution in [3.63, 3.8) is 0 Å². The number of hydrogen-bond acceptors (Lipinski definition) is 4. The van der Waals surface area contributed by atoms with Gasteiger partial charge in [-0.1, -0.05) is 0 Å². The summed E-state index contributed by atoms with van der Waals surface area (Å²) in [6.07, 6.45) is 2.52. The van der Waals surface area contributed by atoms with Gasteiger partial charge in [-0.25, -0.2) is 0 Å². The zero-order chi connectivity index (χ0) is 10.0. The van der Waals surface area contributed by atoms with Crippen LogP contribution in [0.15, 0.2) is 12.5 Å². The normalized spacial score (nSPS) is 12.5. The molecule has 1 unspecified atom stereocenters. The zero-order valence-electron chi connectivity index (χ0n) is 7.30. The fourth-order valence-electron chi connectivity index (χ4n) is 0.842. The number of Topliss-reactive ketones (excluding diaryl/α,β-unsaturated/α-hetero) is 1. The molecule has 1 aromatic rings. The number of nitro groups is 1. The lowest BCUT2D eigenvalue weighted by atomic mass is 10.2. The molecular weight excluding hydrogens is 174 g/mol. The quantitative estimate of drug-likeness (QED) is 0.516. The van der Waals surface area contributed by atoms with Gasteiger partial charge in [0.1, 0.15) is 6.20 Å². The highest BCUT2D eigenvalue weighted by atomic mass is 16.6. The third-order valence-corrected chi connectivity index (χ3v) is 1.81. The lowest BCUT2D eigenvalue weighted by molar-refractivity contribution is -0.389. The maximum atomic E-state index is 10.9. The van der Waals surface area contributed by atoms with Crippen molar-refractivity contribution < 1.29 is 9.72 Å². The molecule has 6 nitrogen and oxygen atoms in total. The highest BCUT2D eigenvalue weighted by Crippen LogP contribution is 2.12. The Bertz CT molecular complexity index is 345. The average Bonchev–Trinajstić information content (AvgIpc) is 2.50. The third kappa shape index (κ3) is 1.90. The molecule has 0 aliphatic carbocycles. The summed E-state index contributed by atoms with van der Waals surface area (Å²) in [4.78, 5) is 24.1. The van der Waals surface area contributed by atoms with E-state index in [0.29, 0.717) is 0 Å². The van der Waals surface area contributed by atoms with E-state index in [1.54, 1.807) is 6.92 Å². The minimum Gasteiger partial charge on any atom is -0.358 e. The molecule has 0 fully saturated rings. The molecule has 0 aliphatic rings. The van der Waals surface area contributed by atoms with E-state index in [-0.39, 0.29) is 11.6 Å². The van der Waals surface area contributed by atoms with Crippen LogP contribution in [0, 0.1) is 10.1 Å². The number of rotatable bonds is 3. The minimum atomic E-state index is -0.594. The average molecular weight is 183 g/mol. The summed E-state index contributed by atoms with van der Waals surface area (Å²) < 4.78 is 1.42. The molecule has 0 aliphatic heterocycles. The van der Waals surface area contributed by atoms with Gasteiger partial charge in [-0.05, 0) is 23.8 Å². The van der Waals surface area contributed by atoms with Crippen molar-refractivity contribution in [1.82, 2.24) is 9.55 Å². The Morgan fingerprint density at radius 1 is 1.77 bits per heavy atom. The molecule has 0 saturated heterocycles. The van der Waals surface area contributed by atoms with E-state index < -0.39 is 11.0 Å². The molecule has 1 rings (SSSR count). The van der Waals surface area contributed by atoms with Crippen LogP contribution in [0.3, 0.4) is 0 Å². The second-order valence-corrected chi connectivity index (χ2v) is 2.72. The molecule has 0 bridgehead atoms. The van der Waals surface area contributed by atoms with Gasteiger partial charge in [0.05, 0.1) is 6.04 Å². The second kappa shape index (κ2) is 3.34. The largest absolute Gasteiger partial charge is 0.381 e.